The van der Waals surface area contributed by atoms with E-state index in [0.29, 0.717) is 6.04 Å². The van der Waals surface area contributed by atoms with Crippen LogP contribution in [0.5, 0.6) is 0 Å². The molecule has 1 saturated carbocycles. The van der Waals surface area contributed by atoms with Crippen LogP contribution in [0.3, 0.4) is 0 Å². The van der Waals surface area contributed by atoms with Gasteiger partial charge in [-0.2, -0.15) is 0 Å². The molecule has 0 spiro atoms. The van der Waals surface area contributed by atoms with Crippen LogP contribution in [-0.2, 0) is 17.8 Å². The van der Waals surface area contributed by atoms with Gasteiger partial charge < -0.3 is 10.4 Å². The van der Waals surface area contributed by atoms with Crippen molar-refractivity contribution in [2.75, 3.05) is 0 Å². The van der Waals surface area contributed by atoms with Crippen LogP contribution in [0.25, 0.3) is 0 Å². The highest BCUT2D eigenvalue weighted by Crippen LogP contribution is 2.29. The maximum absolute atomic E-state index is 10.8. The molecule has 0 amide bonds. The summed E-state index contributed by atoms with van der Waals surface area (Å²) in [5.41, 5.74) is 2.02. The molecular weight excluding hydrogens is 226 g/mol. The average molecular weight is 247 g/mol. The maximum atomic E-state index is 10.8. The van der Waals surface area contributed by atoms with Gasteiger partial charge in [-0.25, -0.2) is 0 Å². The quantitative estimate of drug-likeness (QED) is 0.812. The average Bonchev–Trinajstić information content (AvgIpc) is 2.25. The SMILES string of the molecule is CC(NCc1ccccc1CC(=O)O)C1CCC1. The van der Waals surface area contributed by atoms with E-state index in [-0.39, 0.29) is 6.42 Å². The highest BCUT2D eigenvalue weighted by Gasteiger charge is 2.23. The van der Waals surface area contributed by atoms with E-state index in [1.165, 1.54) is 19.3 Å². The number of hydrogen-bond acceptors (Lipinski definition) is 2. The van der Waals surface area contributed by atoms with E-state index in [9.17, 15) is 4.79 Å². The van der Waals surface area contributed by atoms with Crippen LogP contribution in [0.4, 0.5) is 0 Å². The Balaban J connectivity index is 1.93. The van der Waals surface area contributed by atoms with Gasteiger partial charge in [-0.05, 0) is 36.8 Å². The maximum Gasteiger partial charge on any atom is 0.307 e. The summed E-state index contributed by atoms with van der Waals surface area (Å²) in [6, 6.07) is 8.31. The molecule has 18 heavy (non-hydrogen) atoms. The van der Waals surface area contributed by atoms with Crippen molar-refractivity contribution in [1.29, 1.82) is 0 Å². The molecule has 3 heteroatoms. The van der Waals surface area contributed by atoms with Crippen LogP contribution < -0.4 is 5.32 Å². The Kier molecular flexibility index (Phi) is 4.37. The normalized spacial score (nSPS) is 17.2. The van der Waals surface area contributed by atoms with Crippen LogP contribution in [0.1, 0.15) is 37.3 Å². The van der Waals surface area contributed by atoms with Crippen molar-refractivity contribution in [3.8, 4) is 0 Å². The van der Waals surface area contributed by atoms with Crippen molar-refractivity contribution < 1.29 is 9.90 Å². The number of rotatable bonds is 6. The van der Waals surface area contributed by atoms with Crippen molar-refractivity contribution in [3.63, 3.8) is 0 Å². The van der Waals surface area contributed by atoms with E-state index in [4.69, 9.17) is 5.11 Å². The third-order valence-electron chi connectivity index (χ3n) is 3.93. The molecule has 1 fully saturated rings. The summed E-state index contributed by atoms with van der Waals surface area (Å²) >= 11 is 0. The molecule has 2 N–H and O–H groups in total. The lowest BCUT2D eigenvalue weighted by molar-refractivity contribution is -0.136. The lowest BCUT2D eigenvalue weighted by atomic mass is 9.80. The highest BCUT2D eigenvalue weighted by molar-refractivity contribution is 5.70. The Morgan fingerprint density at radius 2 is 2.06 bits per heavy atom. The Hall–Kier alpha value is -1.35. The molecule has 1 unspecified atom stereocenters. The lowest BCUT2D eigenvalue weighted by Gasteiger charge is -2.32. The van der Waals surface area contributed by atoms with Crippen molar-refractivity contribution in [3.05, 3.63) is 35.4 Å². The van der Waals surface area contributed by atoms with E-state index < -0.39 is 5.97 Å². The number of benzene rings is 1. The van der Waals surface area contributed by atoms with Crippen LogP contribution in [0.2, 0.25) is 0 Å². The zero-order chi connectivity index (χ0) is 13.0. The Morgan fingerprint density at radius 1 is 1.39 bits per heavy atom. The van der Waals surface area contributed by atoms with E-state index in [1.807, 2.05) is 24.3 Å². The fraction of sp³-hybridized carbons (Fsp3) is 0.533. The minimum Gasteiger partial charge on any atom is -0.481 e. The molecule has 1 aromatic rings. The summed E-state index contributed by atoms with van der Waals surface area (Å²) in [6.07, 6.45) is 4.11. The second-order valence-electron chi connectivity index (χ2n) is 5.20. The first kappa shape index (κ1) is 13.1. The second-order valence-corrected chi connectivity index (χ2v) is 5.20. The second kappa shape index (κ2) is 6.01. The Labute approximate surface area is 108 Å². The fourth-order valence-electron chi connectivity index (χ4n) is 2.44. The van der Waals surface area contributed by atoms with E-state index in [1.54, 1.807) is 0 Å². The molecule has 98 valence electrons. The van der Waals surface area contributed by atoms with Gasteiger partial charge in [0, 0.05) is 12.6 Å². The molecule has 3 nitrogen and oxygen atoms in total. The molecule has 1 atom stereocenters. The minimum atomic E-state index is -0.769. The van der Waals surface area contributed by atoms with Crippen molar-refractivity contribution in [1.82, 2.24) is 5.32 Å². The van der Waals surface area contributed by atoms with Gasteiger partial charge in [-0.1, -0.05) is 30.7 Å². The Bertz CT molecular complexity index is 413. The third kappa shape index (κ3) is 3.33. The van der Waals surface area contributed by atoms with Gasteiger partial charge >= 0.3 is 5.97 Å². The monoisotopic (exact) mass is 247 g/mol. The predicted molar refractivity (Wildman–Crippen MR) is 71.4 cm³/mol. The first-order valence-corrected chi connectivity index (χ1v) is 6.69. The molecule has 1 aliphatic rings. The predicted octanol–water partition coefficient (Wildman–Crippen LogP) is 2.59. The molecule has 0 heterocycles. The number of carbonyl (C=O) groups is 1. The largest absolute Gasteiger partial charge is 0.481 e. The van der Waals surface area contributed by atoms with Crippen molar-refractivity contribution in [2.24, 2.45) is 5.92 Å². The van der Waals surface area contributed by atoms with Gasteiger partial charge in [0.2, 0.25) is 0 Å². The summed E-state index contributed by atoms with van der Waals surface area (Å²) in [4.78, 5) is 10.8. The van der Waals surface area contributed by atoms with Gasteiger partial charge in [0.15, 0.2) is 0 Å². The van der Waals surface area contributed by atoms with Gasteiger partial charge in [-0.3, -0.25) is 4.79 Å². The molecule has 0 aliphatic heterocycles. The molecule has 0 bridgehead atoms. The number of aliphatic carboxylic acids is 1. The summed E-state index contributed by atoms with van der Waals surface area (Å²) in [5.74, 6) is 0.0335. The summed E-state index contributed by atoms with van der Waals surface area (Å²) < 4.78 is 0. The van der Waals surface area contributed by atoms with E-state index >= 15 is 0 Å². The molecule has 1 aromatic carbocycles. The minimum absolute atomic E-state index is 0.107. The van der Waals surface area contributed by atoms with Crippen LogP contribution in [-0.4, -0.2) is 17.1 Å². The number of carboxylic acids is 1. The van der Waals surface area contributed by atoms with Crippen LogP contribution in [0, 0.1) is 5.92 Å². The molecular formula is C15H21NO2. The molecule has 0 aromatic heterocycles. The van der Waals surface area contributed by atoms with E-state index in [0.717, 1.165) is 23.6 Å². The topological polar surface area (TPSA) is 49.3 Å². The molecule has 1 aliphatic carbocycles. The number of nitrogens with one attached hydrogen (secondary N) is 1. The molecule has 0 saturated heterocycles. The van der Waals surface area contributed by atoms with Gasteiger partial charge in [-0.15, -0.1) is 0 Å². The first-order valence-electron chi connectivity index (χ1n) is 6.69. The number of carboxylic acid groups (broad SMARTS) is 1. The first-order chi connectivity index (χ1) is 8.66. The van der Waals surface area contributed by atoms with Gasteiger partial charge in [0.1, 0.15) is 0 Å². The zero-order valence-corrected chi connectivity index (χ0v) is 10.9. The third-order valence-corrected chi connectivity index (χ3v) is 3.93. The zero-order valence-electron chi connectivity index (χ0n) is 10.9. The Morgan fingerprint density at radius 3 is 2.61 bits per heavy atom. The van der Waals surface area contributed by atoms with Crippen LogP contribution in [0.15, 0.2) is 24.3 Å². The summed E-state index contributed by atoms with van der Waals surface area (Å²) in [5, 5.41) is 12.4. The smallest absolute Gasteiger partial charge is 0.307 e. The standard InChI is InChI=1S/C15H21NO2/c1-11(12-7-4-8-12)16-10-14-6-3-2-5-13(14)9-15(17)18/h2-3,5-6,11-12,16H,4,7-10H2,1H3,(H,17,18). The number of hydrogen-bond donors (Lipinski definition) is 2. The summed E-state index contributed by atoms with van der Waals surface area (Å²) in [6.45, 7) is 2.99. The van der Waals surface area contributed by atoms with Crippen molar-refractivity contribution >= 4 is 5.97 Å². The van der Waals surface area contributed by atoms with Crippen molar-refractivity contribution in [2.45, 2.75) is 45.2 Å². The van der Waals surface area contributed by atoms with Crippen LogP contribution >= 0.6 is 0 Å². The fourth-order valence-corrected chi connectivity index (χ4v) is 2.44. The van der Waals surface area contributed by atoms with Gasteiger partial charge in [0.25, 0.3) is 0 Å². The van der Waals surface area contributed by atoms with E-state index in [2.05, 4.69) is 12.2 Å². The lowest BCUT2D eigenvalue weighted by Crippen LogP contribution is -2.36. The molecule has 0 radical (unpaired) electrons. The van der Waals surface area contributed by atoms with Gasteiger partial charge in [0.05, 0.1) is 6.42 Å². The highest BCUT2D eigenvalue weighted by atomic mass is 16.4. The molecule has 2 rings (SSSR count). The summed E-state index contributed by atoms with van der Waals surface area (Å²) in [7, 11) is 0.